The quantitative estimate of drug-likeness (QED) is 0.350. The summed E-state index contributed by atoms with van der Waals surface area (Å²) in [6, 6.07) is 8.13. The lowest BCUT2D eigenvalue weighted by Crippen LogP contribution is -2.46. The maximum atomic E-state index is 11.6. The Labute approximate surface area is 156 Å². The predicted molar refractivity (Wildman–Crippen MR) is 104 cm³/mol. The number of aryl methyl sites for hydroxylation is 1. The molecule has 1 aromatic carbocycles. The van der Waals surface area contributed by atoms with Crippen LogP contribution >= 0.6 is 0 Å². The van der Waals surface area contributed by atoms with E-state index < -0.39 is 0 Å². The summed E-state index contributed by atoms with van der Waals surface area (Å²) in [4.78, 5) is 18.2. The molecule has 144 valence electrons. The molecular formula is C20H31N3O3. The minimum atomic E-state index is -0.0961. The Morgan fingerprint density at radius 3 is 2.54 bits per heavy atom. The summed E-state index contributed by atoms with van der Waals surface area (Å²) in [5, 5.41) is 3.41. The van der Waals surface area contributed by atoms with Crippen molar-refractivity contribution in [3.05, 3.63) is 29.8 Å². The van der Waals surface area contributed by atoms with E-state index in [1.165, 1.54) is 12.7 Å². The van der Waals surface area contributed by atoms with Crippen molar-refractivity contribution >= 4 is 11.9 Å². The van der Waals surface area contributed by atoms with Gasteiger partial charge in [0, 0.05) is 26.7 Å². The maximum Gasteiger partial charge on any atom is 0.308 e. The van der Waals surface area contributed by atoms with Crippen LogP contribution in [0.25, 0.3) is 0 Å². The smallest absolute Gasteiger partial charge is 0.308 e. The summed E-state index contributed by atoms with van der Waals surface area (Å²) < 4.78 is 10.6. The number of methoxy groups -OCH3 is 1. The number of nitrogens with zero attached hydrogens (tertiary/aromatic N) is 2. The Kier molecular flexibility index (Phi) is 8.25. The van der Waals surface area contributed by atoms with Gasteiger partial charge in [0.05, 0.1) is 19.6 Å². The van der Waals surface area contributed by atoms with Gasteiger partial charge < -0.3 is 19.7 Å². The number of carbonyl (C=O) groups is 1. The molecule has 0 aromatic heterocycles. The van der Waals surface area contributed by atoms with Gasteiger partial charge >= 0.3 is 5.97 Å². The minimum absolute atomic E-state index is 0.0216. The van der Waals surface area contributed by atoms with Crippen molar-refractivity contribution in [3.8, 4) is 5.75 Å². The number of benzene rings is 1. The average Bonchev–Trinajstić information content (AvgIpc) is 2.68. The van der Waals surface area contributed by atoms with Crippen LogP contribution < -0.4 is 10.1 Å². The molecule has 26 heavy (non-hydrogen) atoms. The molecule has 0 radical (unpaired) electrons. The molecule has 1 N–H and O–H groups in total. The fourth-order valence-electron chi connectivity index (χ4n) is 3.08. The first kappa shape index (κ1) is 20.1. The monoisotopic (exact) mass is 361 g/mol. The first-order chi connectivity index (χ1) is 12.6. The molecule has 0 spiro atoms. The van der Waals surface area contributed by atoms with Gasteiger partial charge in [-0.1, -0.05) is 17.7 Å². The molecular weight excluding hydrogens is 330 g/mol. The molecule has 6 nitrogen and oxygen atoms in total. The normalized spacial score (nSPS) is 15.7. The fraction of sp³-hybridized carbons (Fsp3) is 0.600. The number of nitrogens with one attached hydrogen (secondary N) is 1. The van der Waals surface area contributed by atoms with Crippen LogP contribution in [0.3, 0.4) is 0 Å². The summed E-state index contributed by atoms with van der Waals surface area (Å²) >= 11 is 0. The van der Waals surface area contributed by atoms with Gasteiger partial charge in [0.1, 0.15) is 5.75 Å². The molecule has 0 bridgehead atoms. The number of aliphatic imine (C=N–C) groups is 1. The second kappa shape index (κ2) is 10.7. The van der Waals surface area contributed by atoms with Crippen molar-refractivity contribution < 1.29 is 14.3 Å². The number of ether oxygens (including phenoxy) is 2. The Morgan fingerprint density at radius 1 is 1.23 bits per heavy atom. The highest BCUT2D eigenvalue weighted by Crippen LogP contribution is 2.18. The van der Waals surface area contributed by atoms with E-state index in [0.29, 0.717) is 6.61 Å². The number of carbonyl (C=O) groups excluding carboxylic acids is 1. The first-order valence-electron chi connectivity index (χ1n) is 9.37. The summed E-state index contributed by atoms with van der Waals surface area (Å²) in [6.45, 7) is 5.31. The van der Waals surface area contributed by atoms with Crippen molar-refractivity contribution in [3.63, 3.8) is 0 Å². The van der Waals surface area contributed by atoms with Crippen molar-refractivity contribution in [2.45, 2.75) is 32.6 Å². The van der Waals surface area contributed by atoms with E-state index in [1.807, 2.05) is 12.1 Å². The highest BCUT2D eigenvalue weighted by molar-refractivity contribution is 5.80. The molecule has 1 saturated heterocycles. The van der Waals surface area contributed by atoms with Crippen LogP contribution in [0.1, 0.15) is 31.2 Å². The molecule has 0 saturated carbocycles. The number of hydrogen-bond donors (Lipinski definition) is 1. The first-order valence-corrected chi connectivity index (χ1v) is 9.37. The molecule has 1 heterocycles. The van der Waals surface area contributed by atoms with E-state index in [0.717, 1.165) is 57.0 Å². The van der Waals surface area contributed by atoms with Crippen molar-refractivity contribution in [2.75, 3.05) is 40.4 Å². The predicted octanol–water partition coefficient (Wildman–Crippen LogP) is 2.61. The molecule has 1 aromatic rings. The van der Waals surface area contributed by atoms with Gasteiger partial charge in [0.15, 0.2) is 5.96 Å². The Balaban J connectivity index is 1.60. The molecule has 0 aliphatic carbocycles. The van der Waals surface area contributed by atoms with Crippen LogP contribution in [0.4, 0.5) is 0 Å². The second-order valence-electron chi connectivity index (χ2n) is 6.63. The number of unbranched alkanes of at least 4 members (excludes halogenated alkanes) is 1. The zero-order valence-electron chi connectivity index (χ0n) is 16.2. The number of guanidine groups is 1. The average molecular weight is 361 g/mol. The number of hydrogen-bond acceptors (Lipinski definition) is 4. The van der Waals surface area contributed by atoms with Crippen molar-refractivity contribution in [1.82, 2.24) is 10.2 Å². The number of piperidine rings is 1. The Morgan fingerprint density at radius 2 is 1.92 bits per heavy atom. The summed E-state index contributed by atoms with van der Waals surface area (Å²) in [5.41, 5.74) is 1.24. The SMILES string of the molecule is CN=C(NCCCCOc1ccc(C)cc1)N1CCC(C(=O)OC)CC1. The van der Waals surface area contributed by atoms with Crippen LogP contribution in [0.2, 0.25) is 0 Å². The highest BCUT2D eigenvalue weighted by Gasteiger charge is 2.26. The molecule has 1 fully saturated rings. The second-order valence-corrected chi connectivity index (χ2v) is 6.63. The topological polar surface area (TPSA) is 63.2 Å². The van der Waals surface area contributed by atoms with Gasteiger partial charge in [-0.15, -0.1) is 0 Å². The van der Waals surface area contributed by atoms with E-state index in [-0.39, 0.29) is 11.9 Å². The van der Waals surface area contributed by atoms with Gasteiger partial charge in [0.2, 0.25) is 0 Å². The van der Waals surface area contributed by atoms with Crippen LogP contribution in [-0.4, -0.2) is 57.2 Å². The van der Waals surface area contributed by atoms with E-state index in [9.17, 15) is 4.79 Å². The summed E-state index contributed by atoms with van der Waals surface area (Å²) in [7, 11) is 3.26. The third-order valence-electron chi connectivity index (χ3n) is 4.68. The van der Waals surface area contributed by atoms with Gasteiger partial charge in [0.25, 0.3) is 0 Å². The molecule has 0 unspecified atom stereocenters. The largest absolute Gasteiger partial charge is 0.494 e. The third kappa shape index (κ3) is 6.24. The third-order valence-corrected chi connectivity index (χ3v) is 4.68. The standard InChI is InChI=1S/C20H31N3O3/c1-16-6-8-18(9-7-16)26-15-5-4-12-22-20(21-2)23-13-10-17(11-14-23)19(24)25-3/h6-9,17H,4-5,10-15H2,1-3H3,(H,21,22). The van der Waals surface area contributed by atoms with E-state index in [2.05, 4.69) is 34.3 Å². The van der Waals surface area contributed by atoms with Crippen LogP contribution in [-0.2, 0) is 9.53 Å². The number of likely N-dealkylation sites (tertiary alicyclic amines) is 1. The van der Waals surface area contributed by atoms with Gasteiger partial charge in [-0.05, 0) is 44.7 Å². The number of esters is 1. The number of rotatable bonds is 7. The van der Waals surface area contributed by atoms with E-state index in [1.54, 1.807) is 7.05 Å². The van der Waals surface area contributed by atoms with E-state index in [4.69, 9.17) is 9.47 Å². The highest BCUT2D eigenvalue weighted by atomic mass is 16.5. The fourth-order valence-corrected chi connectivity index (χ4v) is 3.08. The molecule has 1 aliphatic heterocycles. The molecule has 1 aliphatic rings. The lowest BCUT2D eigenvalue weighted by molar-refractivity contribution is -0.146. The van der Waals surface area contributed by atoms with Crippen LogP contribution in [0.5, 0.6) is 5.75 Å². The minimum Gasteiger partial charge on any atom is -0.494 e. The Hall–Kier alpha value is -2.24. The zero-order valence-corrected chi connectivity index (χ0v) is 16.2. The Bertz CT molecular complexity index is 578. The van der Waals surface area contributed by atoms with E-state index >= 15 is 0 Å². The molecule has 0 amide bonds. The van der Waals surface area contributed by atoms with Crippen molar-refractivity contribution in [1.29, 1.82) is 0 Å². The lowest BCUT2D eigenvalue weighted by Gasteiger charge is -2.33. The molecule has 2 rings (SSSR count). The van der Waals surface area contributed by atoms with Crippen LogP contribution in [0, 0.1) is 12.8 Å². The van der Waals surface area contributed by atoms with Crippen molar-refractivity contribution in [2.24, 2.45) is 10.9 Å². The molecule has 0 atom stereocenters. The van der Waals surface area contributed by atoms with Crippen LogP contribution in [0.15, 0.2) is 29.3 Å². The summed E-state index contributed by atoms with van der Waals surface area (Å²) in [6.07, 6.45) is 3.64. The van der Waals surface area contributed by atoms with Gasteiger partial charge in [-0.2, -0.15) is 0 Å². The van der Waals surface area contributed by atoms with Gasteiger partial charge in [-0.3, -0.25) is 9.79 Å². The van der Waals surface area contributed by atoms with Gasteiger partial charge in [-0.25, -0.2) is 0 Å². The maximum absolute atomic E-state index is 11.6. The lowest BCUT2D eigenvalue weighted by atomic mass is 9.97. The summed E-state index contributed by atoms with van der Waals surface area (Å²) in [5.74, 6) is 1.76. The molecule has 6 heteroatoms. The zero-order chi connectivity index (χ0) is 18.8.